The largest absolute Gasteiger partial charge is 0.341 e. The van der Waals surface area contributed by atoms with Crippen LogP contribution in [0.1, 0.15) is 33.6 Å². The highest BCUT2D eigenvalue weighted by atomic mass is 16.2. The maximum atomic E-state index is 11.8. The van der Waals surface area contributed by atoms with Gasteiger partial charge in [-0.15, -0.1) is 0 Å². The summed E-state index contributed by atoms with van der Waals surface area (Å²) < 4.78 is 0. The van der Waals surface area contributed by atoms with Gasteiger partial charge in [0.2, 0.25) is 5.91 Å². The highest BCUT2D eigenvalue weighted by Crippen LogP contribution is 2.16. The van der Waals surface area contributed by atoms with Gasteiger partial charge in [0.1, 0.15) is 0 Å². The Hall–Kier alpha value is -0.570. The molecule has 1 rings (SSSR count). The van der Waals surface area contributed by atoms with Gasteiger partial charge in [-0.2, -0.15) is 0 Å². The van der Waals surface area contributed by atoms with Crippen molar-refractivity contribution in [3.63, 3.8) is 0 Å². The number of rotatable bonds is 3. The third-order valence-electron chi connectivity index (χ3n) is 2.78. The van der Waals surface area contributed by atoms with Gasteiger partial charge in [-0.3, -0.25) is 4.79 Å². The van der Waals surface area contributed by atoms with E-state index in [4.69, 9.17) is 5.73 Å². The lowest BCUT2D eigenvalue weighted by atomic mass is 10.0. The van der Waals surface area contributed by atoms with E-state index in [1.807, 2.05) is 4.90 Å². The molecule has 1 unspecified atom stereocenters. The van der Waals surface area contributed by atoms with E-state index < -0.39 is 0 Å². The molecule has 0 radical (unpaired) electrons. The van der Waals surface area contributed by atoms with E-state index in [-0.39, 0.29) is 11.9 Å². The van der Waals surface area contributed by atoms with Crippen molar-refractivity contribution in [2.75, 3.05) is 13.1 Å². The zero-order chi connectivity index (χ0) is 10.7. The Balaban J connectivity index is 2.40. The topological polar surface area (TPSA) is 46.3 Å². The maximum absolute atomic E-state index is 11.8. The summed E-state index contributed by atoms with van der Waals surface area (Å²) >= 11 is 0. The van der Waals surface area contributed by atoms with Crippen molar-refractivity contribution in [3.05, 3.63) is 0 Å². The van der Waals surface area contributed by atoms with E-state index in [1.165, 1.54) is 0 Å². The second-order valence-electron chi connectivity index (χ2n) is 4.91. The minimum atomic E-state index is -0.291. The third-order valence-corrected chi connectivity index (χ3v) is 2.78. The van der Waals surface area contributed by atoms with E-state index in [0.29, 0.717) is 11.8 Å². The highest BCUT2D eigenvalue weighted by Gasteiger charge is 2.27. The van der Waals surface area contributed by atoms with Crippen LogP contribution in [-0.2, 0) is 4.79 Å². The molecule has 0 bridgehead atoms. The van der Waals surface area contributed by atoms with Crippen LogP contribution in [0.25, 0.3) is 0 Å². The third kappa shape index (κ3) is 2.98. The van der Waals surface area contributed by atoms with E-state index in [1.54, 1.807) is 0 Å². The number of nitrogens with two attached hydrogens (primary N) is 1. The first-order chi connectivity index (χ1) is 6.50. The van der Waals surface area contributed by atoms with Crippen LogP contribution < -0.4 is 5.73 Å². The van der Waals surface area contributed by atoms with Gasteiger partial charge in [-0.25, -0.2) is 0 Å². The summed E-state index contributed by atoms with van der Waals surface area (Å²) in [7, 11) is 0. The van der Waals surface area contributed by atoms with Gasteiger partial charge >= 0.3 is 0 Å². The fourth-order valence-corrected chi connectivity index (χ4v) is 1.98. The summed E-state index contributed by atoms with van der Waals surface area (Å²) in [6.45, 7) is 8.16. The molecule has 0 aromatic carbocycles. The molecule has 3 nitrogen and oxygen atoms in total. The van der Waals surface area contributed by atoms with E-state index in [0.717, 1.165) is 25.9 Å². The van der Waals surface area contributed by atoms with Crippen molar-refractivity contribution in [1.29, 1.82) is 0 Å². The Morgan fingerprint density at radius 2 is 2.21 bits per heavy atom. The number of likely N-dealkylation sites (tertiary alicyclic amines) is 1. The summed E-state index contributed by atoms with van der Waals surface area (Å²) in [6, 6.07) is -0.291. The normalized spacial score (nSPS) is 24.4. The Morgan fingerprint density at radius 3 is 2.64 bits per heavy atom. The Morgan fingerprint density at radius 1 is 1.57 bits per heavy atom. The number of hydrogen-bond donors (Lipinski definition) is 1. The van der Waals surface area contributed by atoms with Gasteiger partial charge in [0.05, 0.1) is 6.04 Å². The lowest BCUT2D eigenvalue weighted by molar-refractivity contribution is -0.132. The van der Waals surface area contributed by atoms with Crippen LogP contribution in [0.2, 0.25) is 0 Å². The summed E-state index contributed by atoms with van der Waals surface area (Å²) in [6.07, 6.45) is 1.92. The Kier molecular flexibility index (Phi) is 3.93. The quantitative estimate of drug-likeness (QED) is 0.741. The van der Waals surface area contributed by atoms with Gasteiger partial charge in [0, 0.05) is 13.1 Å². The van der Waals surface area contributed by atoms with Crippen LogP contribution in [0.5, 0.6) is 0 Å². The highest BCUT2D eigenvalue weighted by molar-refractivity contribution is 5.81. The predicted molar refractivity (Wildman–Crippen MR) is 57.8 cm³/mol. The number of hydrogen-bond acceptors (Lipinski definition) is 2. The number of amides is 1. The number of nitrogens with zero attached hydrogens (tertiary/aromatic N) is 1. The molecule has 0 aromatic heterocycles. The molecule has 2 atom stereocenters. The average Bonchev–Trinajstić information content (AvgIpc) is 2.49. The lowest BCUT2D eigenvalue weighted by Crippen LogP contribution is -2.43. The molecule has 1 aliphatic rings. The van der Waals surface area contributed by atoms with Gasteiger partial charge in [-0.05, 0) is 24.7 Å². The lowest BCUT2D eigenvalue weighted by Gasteiger charge is -2.21. The minimum absolute atomic E-state index is 0.142. The predicted octanol–water partition coefficient (Wildman–Crippen LogP) is 1.23. The van der Waals surface area contributed by atoms with E-state index in [2.05, 4.69) is 20.8 Å². The van der Waals surface area contributed by atoms with Crippen molar-refractivity contribution < 1.29 is 4.79 Å². The summed E-state index contributed by atoms with van der Waals surface area (Å²) in [4.78, 5) is 13.7. The molecule has 1 aliphatic heterocycles. The van der Waals surface area contributed by atoms with Crippen molar-refractivity contribution in [2.45, 2.75) is 39.7 Å². The molecule has 82 valence electrons. The van der Waals surface area contributed by atoms with Crippen LogP contribution in [-0.4, -0.2) is 29.9 Å². The standard InChI is InChI=1S/C11H22N2O/c1-8(2)6-10(12)11(14)13-5-4-9(3)7-13/h8-10H,4-7,12H2,1-3H3/t9?,10-/m1/s1. The van der Waals surface area contributed by atoms with Gasteiger partial charge in [0.15, 0.2) is 0 Å². The molecule has 1 saturated heterocycles. The molecule has 3 heteroatoms. The average molecular weight is 198 g/mol. The van der Waals surface area contributed by atoms with Crippen molar-refractivity contribution in [1.82, 2.24) is 4.90 Å². The zero-order valence-corrected chi connectivity index (χ0v) is 9.49. The van der Waals surface area contributed by atoms with Crippen molar-refractivity contribution >= 4 is 5.91 Å². The summed E-state index contributed by atoms with van der Waals surface area (Å²) in [5.41, 5.74) is 5.85. The van der Waals surface area contributed by atoms with E-state index >= 15 is 0 Å². The SMILES string of the molecule is CC(C)C[C@@H](N)C(=O)N1CCC(C)C1. The second kappa shape index (κ2) is 4.78. The van der Waals surface area contributed by atoms with Crippen LogP contribution in [0.3, 0.4) is 0 Å². The number of carbonyl (C=O) groups is 1. The smallest absolute Gasteiger partial charge is 0.239 e. The molecular formula is C11H22N2O. The Bertz CT molecular complexity index is 203. The fourth-order valence-electron chi connectivity index (χ4n) is 1.98. The molecule has 0 spiro atoms. The first-order valence-corrected chi connectivity index (χ1v) is 5.55. The van der Waals surface area contributed by atoms with Gasteiger partial charge in [-0.1, -0.05) is 20.8 Å². The summed E-state index contributed by atoms with van der Waals surface area (Å²) in [5, 5.41) is 0. The molecule has 0 aromatic rings. The van der Waals surface area contributed by atoms with Gasteiger partial charge in [0.25, 0.3) is 0 Å². The number of carbonyl (C=O) groups excluding carboxylic acids is 1. The molecule has 0 aliphatic carbocycles. The first kappa shape index (κ1) is 11.5. The van der Waals surface area contributed by atoms with Crippen LogP contribution in [0.15, 0.2) is 0 Å². The van der Waals surface area contributed by atoms with Crippen molar-refractivity contribution in [3.8, 4) is 0 Å². The molecule has 1 amide bonds. The minimum Gasteiger partial charge on any atom is -0.341 e. The van der Waals surface area contributed by atoms with Crippen LogP contribution in [0, 0.1) is 11.8 Å². The molecule has 0 saturated carbocycles. The molecule has 1 fully saturated rings. The molecule has 14 heavy (non-hydrogen) atoms. The molecule has 2 N–H and O–H groups in total. The van der Waals surface area contributed by atoms with Gasteiger partial charge < -0.3 is 10.6 Å². The Labute approximate surface area is 86.6 Å². The maximum Gasteiger partial charge on any atom is 0.239 e. The fraction of sp³-hybridized carbons (Fsp3) is 0.909. The second-order valence-corrected chi connectivity index (χ2v) is 4.91. The molecular weight excluding hydrogens is 176 g/mol. The molecule has 1 heterocycles. The summed E-state index contributed by atoms with van der Waals surface area (Å²) in [5.74, 6) is 1.28. The van der Waals surface area contributed by atoms with Crippen LogP contribution >= 0.6 is 0 Å². The van der Waals surface area contributed by atoms with Crippen LogP contribution in [0.4, 0.5) is 0 Å². The first-order valence-electron chi connectivity index (χ1n) is 5.55. The zero-order valence-electron chi connectivity index (χ0n) is 9.49. The van der Waals surface area contributed by atoms with Crippen molar-refractivity contribution in [2.24, 2.45) is 17.6 Å². The van der Waals surface area contributed by atoms with E-state index in [9.17, 15) is 4.79 Å². The monoisotopic (exact) mass is 198 g/mol.